The van der Waals surface area contributed by atoms with E-state index in [1.807, 2.05) is 0 Å². The molecule has 0 aliphatic carbocycles. The number of Topliss-reactive ketones (excluding diaryl/α,β-unsaturated/α-hetero) is 2. The zero-order chi connectivity index (χ0) is 37.0. The maximum atomic E-state index is 12.1. The molecule has 0 radical (unpaired) electrons. The van der Waals surface area contributed by atoms with Gasteiger partial charge >= 0.3 is 0 Å². The van der Waals surface area contributed by atoms with Gasteiger partial charge in [-0.1, -0.05) is 195 Å². The Labute approximate surface area is 316 Å². The first-order chi connectivity index (χ1) is 24.5. The third-order valence-electron chi connectivity index (χ3n) is 10.4. The largest absolute Gasteiger partial charge is 0.330 e. The van der Waals surface area contributed by atoms with E-state index in [0.717, 1.165) is 51.5 Å². The van der Waals surface area contributed by atoms with Crippen LogP contribution in [-0.4, -0.2) is 42.6 Å². The van der Waals surface area contributed by atoms with Crippen LogP contribution in [0.3, 0.4) is 0 Å². The average Bonchev–Trinajstić information content (AvgIpc) is 3.12. The highest BCUT2D eigenvalue weighted by molar-refractivity contribution is 5.78. The van der Waals surface area contributed by atoms with E-state index in [1.54, 1.807) is 0 Å². The Balaban J connectivity index is 0. The lowest BCUT2D eigenvalue weighted by Gasteiger charge is -2.21. The van der Waals surface area contributed by atoms with Gasteiger partial charge in [-0.15, -0.1) is 0 Å². The summed E-state index contributed by atoms with van der Waals surface area (Å²) in [5.74, 6) is 0.905. The number of rotatable bonds is 41. The Morgan fingerprint density at radius 2 is 0.560 bits per heavy atom. The van der Waals surface area contributed by atoms with Crippen LogP contribution in [0.4, 0.5) is 0 Å². The molecule has 0 aromatic heterocycles. The van der Waals surface area contributed by atoms with Crippen molar-refractivity contribution in [3.8, 4) is 0 Å². The van der Waals surface area contributed by atoms with Crippen LogP contribution < -0.4 is 5.73 Å². The standard InChI is InChI=1S/C27H55NO.C19H39NO/c1-4-7-10-11-12-13-14-15-16-17-18-19-20-22-27(29)23-21-26-28(24-8-5-2)25-9-6-3;1-2-3-4-5-6-7-8-9-10-11-12-13-14-16-19(21)17-15-18-20/h4-26H2,1-3H3;2-18,20H2,1H3. The molecule has 0 heterocycles. The van der Waals surface area contributed by atoms with E-state index in [1.165, 1.54) is 193 Å². The van der Waals surface area contributed by atoms with E-state index in [2.05, 4.69) is 32.6 Å². The molecule has 0 spiro atoms. The van der Waals surface area contributed by atoms with E-state index in [9.17, 15) is 9.59 Å². The average molecular weight is 707 g/mol. The van der Waals surface area contributed by atoms with Gasteiger partial charge in [-0.3, -0.25) is 9.59 Å². The summed E-state index contributed by atoms with van der Waals surface area (Å²) >= 11 is 0. The van der Waals surface area contributed by atoms with E-state index in [0.29, 0.717) is 24.5 Å². The van der Waals surface area contributed by atoms with Crippen molar-refractivity contribution in [2.75, 3.05) is 26.2 Å². The van der Waals surface area contributed by atoms with E-state index < -0.39 is 0 Å². The predicted octanol–water partition coefficient (Wildman–Crippen LogP) is 14.5. The Kier molecular flexibility index (Phi) is 47.5. The molecule has 0 fully saturated rings. The van der Waals surface area contributed by atoms with E-state index >= 15 is 0 Å². The predicted molar refractivity (Wildman–Crippen MR) is 224 cm³/mol. The van der Waals surface area contributed by atoms with Crippen molar-refractivity contribution in [1.82, 2.24) is 4.90 Å². The number of hydrogen-bond donors (Lipinski definition) is 1. The number of ketones is 2. The minimum absolute atomic E-state index is 0.406. The quantitative estimate of drug-likeness (QED) is 0.0643. The molecule has 0 aliphatic heterocycles. The van der Waals surface area contributed by atoms with Gasteiger partial charge in [0.05, 0.1) is 0 Å². The molecule has 0 atom stereocenters. The maximum Gasteiger partial charge on any atom is 0.132 e. The monoisotopic (exact) mass is 707 g/mol. The van der Waals surface area contributed by atoms with Gasteiger partial charge in [0.2, 0.25) is 0 Å². The molecule has 4 nitrogen and oxygen atoms in total. The molecule has 0 saturated heterocycles. The third kappa shape index (κ3) is 45.3. The summed E-state index contributed by atoms with van der Waals surface area (Å²) in [5, 5.41) is 0. The first-order valence-corrected chi connectivity index (χ1v) is 23.0. The van der Waals surface area contributed by atoms with Crippen molar-refractivity contribution >= 4 is 11.6 Å². The fourth-order valence-corrected chi connectivity index (χ4v) is 6.83. The molecule has 0 saturated carbocycles. The lowest BCUT2D eigenvalue weighted by atomic mass is 10.0. The Hall–Kier alpha value is -0.740. The first kappa shape index (κ1) is 51.4. The van der Waals surface area contributed by atoms with Gasteiger partial charge in [0.15, 0.2) is 0 Å². The summed E-state index contributed by atoms with van der Waals surface area (Å²) in [6.45, 7) is 13.3. The van der Waals surface area contributed by atoms with Crippen LogP contribution in [0.1, 0.15) is 259 Å². The zero-order valence-electron chi connectivity index (χ0n) is 35.1. The molecule has 0 unspecified atom stereocenters. The summed E-state index contributed by atoms with van der Waals surface area (Å²) in [6, 6.07) is 0. The van der Waals surface area contributed by atoms with Crippen molar-refractivity contribution in [3.63, 3.8) is 0 Å². The fourth-order valence-electron chi connectivity index (χ4n) is 6.83. The number of carbonyl (C=O) groups is 2. The van der Waals surface area contributed by atoms with Crippen molar-refractivity contribution < 1.29 is 9.59 Å². The Bertz CT molecular complexity index is 644. The lowest BCUT2D eigenvalue weighted by Crippen LogP contribution is -2.27. The van der Waals surface area contributed by atoms with Gasteiger partial charge in [0.1, 0.15) is 11.6 Å². The summed E-state index contributed by atoms with van der Waals surface area (Å²) < 4.78 is 0. The third-order valence-corrected chi connectivity index (χ3v) is 10.4. The SMILES string of the molecule is CCCCCCCCCCCCCCCC(=O)CCCN.CCCCCCCCCCCCCCCC(=O)CCCN(CCCC)CCCC. The molecule has 0 aromatic carbocycles. The van der Waals surface area contributed by atoms with Crippen LogP contribution in [0.2, 0.25) is 0 Å². The Morgan fingerprint density at radius 3 is 0.860 bits per heavy atom. The summed E-state index contributed by atoms with van der Waals surface area (Å²) in [7, 11) is 0. The molecule has 0 rings (SSSR count). The van der Waals surface area contributed by atoms with Crippen molar-refractivity contribution in [1.29, 1.82) is 0 Å². The van der Waals surface area contributed by atoms with Crippen LogP contribution in [0, 0.1) is 0 Å². The summed E-state index contributed by atoms with van der Waals surface area (Å²) in [6.07, 6.45) is 45.6. The van der Waals surface area contributed by atoms with Crippen molar-refractivity contribution in [2.24, 2.45) is 5.73 Å². The molecule has 4 heteroatoms. The van der Waals surface area contributed by atoms with Crippen molar-refractivity contribution in [2.45, 2.75) is 259 Å². The highest BCUT2D eigenvalue weighted by atomic mass is 16.1. The molecule has 0 amide bonds. The van der Waals surface area contributed by atoms with Gasteiger partial charge in [-0.25, -0.2) is 0 Å². The van der Waals surface area contributed by atoms with Gasteiger partial charge in [-0.05, 0) is 64.7 Å². The van der Waals surface area contributed by atoms with Crippen LogP contribution in [0.25, 0.3) is 0 Å². The molecule has 300 valence electrons. The topological polar surface area (TPSA) is 63.4 Å². The number of unbranched alkanes of at least 4 members (excludes halogenated alkanes) is 26. The summed E-state index contributed by atoms with van der Waals surface area (Å²) in [5.41, 5.74) is 5.40. The number of hydrogen-bond acceptors (Lipinski definition) is 4. The second-order valence-electron chi connectivity index (χ2n) is 15.6. The van der Waals surface area contributed by atoms with Gasteiger partial charge in [-0.2, -0.15) is 0 Å². The fraction of sp³-hybridized carbons (Fsp3) is 0.957. The van der Waals surface area contributed by atoms with E-state index in [-0.39, 0.29) is 0 Å². The van der Waals surface area contributed by atoms with Crippen molar-refractivity contribution in [3.05, 3.63) is 0 Å². The Morgan fingerprint density at radius 1 is 0.320 bits per heavy atom. The highest BCUT2D eigenvalue weighted by Gasteiger charge is 2.07. The normalized spacial score (nSPS) is 11.2. The second-order valence-corrected chi connectivity index (χ2v) is 15.6. The molecule has 2 N–H and O–H groups in total. The molecular formula is C46H94N2O2. The lowest BCUT2D eigenvalue weighted by molar-refractivity contribution is -0.120. The van der Waals surface area contributed by atoms with Crippen LogP contribution in [-0.2, 0) is 9.59 Å². The van der Waals surface area contributed by atoms with Gasteiger partial charge in [0, 0.05) is 25.7 Å². The van der Waals surface area contributed by atoms with Crippen LogP contribution in [0.5, 0.6) is 0 Å². The highest BCUT2D eigenvalue weighted by Crippen LogP contribution is 2.15. The minimum Gasteiger partial charge on any atom is -0.330 e. The smallest absolute Gasteiger partial charge is 0.132 e. The number of nitrogens with zero attached hydrogens (tertiary/aromatic N) is 1. The number of carbonyl (C=O) groups excluding carboxylic acids is 2. The first-order valence-electron chi connectivity index (χ1n) is 23.0. The van der Waals surface area contributed by atoms with Gasteiger partial charge < -0.3 is 10.6 Å². The molecule has 0 aromatic rings. The molecule has 0 bridgehead atoms. The van der Waals surface area contributed by atoms with E-state index in [4.69, 9.17) is 5.73 Å². The summed E-state index contributed by atoms with van der Waals surface area (Å²) in [4.78, 5) is 26.2. The van der Waals surface area contributed by atoms with Gasteiger partial charge in [0.25, 0.3) is 0 Å². The minimum atomic E-state index is 0.406. The molecular weight excluding hydrogens is 613 g/mol. The van der Waals surface area contributed by atoms with Crippen LogP contribution in [0.15, 0.2) is 0 Å². The maximum absolute atomic E-state index is 12.1. The van der Waals surface area contributed by atoms with Crippen LogP contribution >= 0.6 is 0 Å². The zero-order valence-corrected chi connectivity index (χ0v) is 35.1. The molecule has 50 heavy (non-hydrogen) atoms. The molecule has 0 aliphatic rings. The second kappa shape index (κ2) is 46.3. The number of nitrogens with two attached hydrogens (primary N) is 1.